The lowest BCUT2D eigenvalue weighted by molar-refractivity contribution is -0.00418. The molecule has 1 heterocycles. The second-order valence-electron chi connectivity index (χ2n) is 3.32. The molecule has 1 saturated heterocycles. The molecule has 15 heavy (non-hydrogen) atoms. The van der Waals surface area contributed by atoms with Gasteiger partial charge in [-0.05, 0) is 0 Å². The number of nitrogens with zero attached hydrogens (tertiary/aromatic N) is 1. The first kappa shape index (κ1) is 12.5. The Labute approximate surface area is 91.5 Å². The molecule has 0 N–H and O–H groups in total. The SMILES string of the molecule is C#CCN1CCOCCOCCOCC1. The van der Waals surface area contributed by atoms with Gasteiger partial charge in [-0.25, -0.2) is 0 Å². The van der Waals surface area contributed by atoms with Crippen LogP contribution < -0.4 is 0 Å². The first-order chi connectivity index (χ1) is 7.43. The number of hydrogen-bond acceptors (Lipinski definition) is 4. The van der Waals surface area contributed by atoms with Crippen molar-refractivity contribution in [1.29, 1.82) is 0 Å². The molecule has 0 amide bonds. The van der Waals surface area contributed by atoms with Crippen LogP contribution in [-0.4, -0.2) is 64.2 Å². The molecule has 1 rings (SSSR count). The standard InChI is InChI=1S/C11H19NO3/c1-2-3-12-4-6-13-8-10-15-11-9-14-7-5-12/h1H,3-11H2. The van der Waals surface area contributed by atoms with Gasteiger partial charge in [0.15, 0.2) is 0 Å². The molecule has 0 atom stereocenters. The van der Waals surface area contributed by atoms with E-state index in [1.165, 1.54) is 0 Å². The maximum Gasteiger partial charge on any atom is 0.0701 e. The van der Waals surface area contributed by atoms with Crippen LogP contribution in [0.1, 0.15) is 0 Å². The summed E-state index contributed by atoms with van der Waals surface area (Å²) in [6, 6.07) is 0. The van der Waals surface area contributed by atoms with Crippen LogP contribution in [-0.2, 0) is 14.2 Å². The topological polar surface area (TPSA) is 30.9 Å². The van der Waals surface area contributed by atoms with Crippen molar-refractivity contribution in [2.24, 2.45) is 0 Å². The summed E-state index contributed by atoms with van der Waals surface area (Å²) < 4.78 is 16.1. The highest BCUT2D eigenvalue weighted by Crippen LogP contribution is 1.91. The molecule has 1 aliphatic rings. The van der Waals surface area contributed by atoms with Gasteiger partial charge < -0.3 is 14.2 Å². The molecule has 0 aromatic heterocycles. The van der Waals surface area contributed by atoms with E-state index in [4.69, 9.17) is 20.6 Å². The second-order valence-corrected chi connectivity index (χ2v) is 3.32. The van der Waals surface area contributed by atoms with Crippen LogP contribution in [0.4, 0.5) is 0 Å². The van der Waals surface area contributed by atoms with Crippen molar-refractivity contribution in [2.45, 2.75) is 0 Å². The van der Waals surface area contributed by atoms with E-state index in [1.54, 1.807) is 0 Å². The van der Waals surface area contributed by atoms with E-state index in [1.807, 2.05) is 0 Å². The normalized spacial score (nSPS) is 22.3. The van der Waals surface area contributed by atoms with Crippen LogP contribution in [0.3, 0.4) is 0 Å². The molecule has 0 saturated carbocycles. The Morgan fingerprint density at radius 1 is 0.867 bits per heavy atom. The van der Waals surface area contributed by atoms with Crippen molar-refractivity contribution in [3.8, 4) is 12.3 Å². The fourth-order valence-corrected chi connectivity index (χ4v) is 1.33. The van der Waals surface area contributed by atoms with Gasteiger partial charge in [-0.15, -0.1) is 6.42 Å². The van der Waals surface area contributed by atoms with Crippen LogP contribution >= 0.6 is 0 Å². The minimum Gasteiger partial charge on any atom is -0.378 e. The molecule has 86 valence electrons. The number of hydrogen-bond donors (Lipinski definition) is 0. The molecule has 1 aliphatic heterocycles. The summed E-state index contributed by atoms with van der Waals surface area (Å²) in [4.78, 5) is 2.16. The highest BCUT2D eigenvalue weighted by atomic mass is 16.5. The summed E-state index contributed by atoms with van der Waals surface area (Å²) in [6.07, 6.45) is 5.28. The van der Waals surface area contributed by atoms with Gasteiger partial charge in [-0.3, -0.25) is 4.90 Å². The maximum atomic E-state index is 5.41. The summed E-state index contributed by atoms with van der Waals surface area (Å²) in [6.45, 7) is 6.32. The Kier molecular flexibility index (Phi) is 7.22. The van der Waals surface area contributed by atoms with E-state index in [0.717, 1.165) is 13.1 Å². The van der Waals surface area contributed by atoms with E-state index < -0.39 is 0 Å². The summed E-state index contributed by atoms with van der Waals surface area (Å²) in [5.74, 6) is 2.64. The molecule has 0 unspecified atom stereocenters. The molecule has 1 fully saturated rings. The van der Waals surface area contributed by atoms with E-state index in [-0.39, 0.29) is 0 Å². The highest BCUT2D eigenvalue weighted by molar-refractivity contribution is 4.88. The quantitative estimate of drug-likeness (QED) is 0.573. The van der Waals surface area contributed by atoms with Gasteiger partial charge in [0.2, 0.25) is 0 Å². The van der Waals surface area contributed by atoms with Crippen LogP contribution in [0.15, 0.2) is 0 Å². The molecule has 0 aromatic carbocycles. The van der Waals surface area contributed by atoms with Gasteiger partial charge in [0.1, 0.15) is 0 Å². The molecule has 0 bridgehead atoms. The smallest absolute Gasteiger partial charge is 0.0701 e. The van der Waals surface area contributed by atoms with Crippen LogP contribution in [0.5, 0.6) is 0 Å². The van der Waals surface area contributed by atoms with Gasteiger partial charge in [0.05, 0.1) is 46.2 Å². The van der Waals surface area contributed by atoms with Gasteiger partial charge in [0, 0.05) is 13.1 Å². The number of terminal acetylenes is 1. The lowest BCUT2D eigenvalue weighted by atomic mass is 10.4. The predicted octanol–water partition coefficient (Wildman–Crippen LogP) is -0.0150. The number of ether oxygens (including phenoxy) is 3. The molecule has 0 aromatic rings. The summed E-state index contributed by atoms with van der Waals surface area (Å²) in [5, 5.41) is 0. The first-order valence-electron chi connectivity index (χ1n) is 5.32. The van der Waals surface area contributed by atoms with Crippen molar-refractivity contribution in [3.63, 3.8) is 0 Å². The molecule has 0 radical (unpaired) electrons. The second kappa shape index (κ2) is 8.69. The molecule has 0 spiro atoms. The fraction of sp³-hybridized carbons (Fsp3) is 0.818. The third kappa shape index (κ3) is 6.47. The summed E-state index contributed by atoms with van der Waals surface area (Å²) in [7, 11) is 0. The molecule has 4 nitrogen and oxygen atoms in total. The van der Waals surface area contributed by atoms with E-state index in [0.29, 0.717) is 46.2 Å². The van der Waals surface area contributed by atoms with Crippen LogP contribution in [0, 0.1) is 12.3 Å². The van der Waals surface area contributed by atoms with Crippen molar-refractivity contribution >= 4 is 0 Å². The molecular formula is C11H19NO3. The Bertz CT molecular complexity index is 179. The number of rotatable bonds is 1. The monoisotopic (exact) mass is 213 g/mol. The summed E-state index contributed by atoms with van der Waals surface area (Å²) >= 11 is 0. The third-order valence-corrected chi connectivity index (χ3v) is 2.16. The van der Waals surface area contributed by atoms with Crippen molar-refractivity contribution in [3.05, 3.63) is 0 Å². The highest BCUT2D eigenvalue weighted by Gasteiger charge is 2.04. The molecule has 4 heteroatoms. The van der Waals surface area contributed by atoms with E-state index in [9.17, 15) is 0 Å². The third-order valence-electron chi connectivity index (χ3n) is 2.16. The minimum absolute atomic E-state index is 0.637. The molecular weight excluding hydrogens is 194 g/mol. The lowest BCUT2D eigenvalue weighted by Gasteiger charge is -2.20. The zero-order valence-corrected chi connectivity index (χ0v) is 9.11. The van der Waals surface area contributed by atoms with Crippen molar-refractivity contribution in [2.75, 3.05) is 59.3 Å². The van der Waals surface area contributed by atoms with Crippen LogP contribution in [0.2, 0.25) is 0 Å². The zero-order valence-electron chi connectivity index (χ0n) is 9.11. The van der Waals surface area contributed by atoms with Gasteiger partial charge in [0.25, 0.3) is 0 Å². The minimum atomic E-state index is 0.637. The average Bonchev–Trinajstić information content (AvgIpc) is 2.22. The zero-order chi connectivity index (χ0) is 10.8. The van der Waals surface area contributed by atoms with Gasteiger partial charge in [-0.1, -0.05) is 5.92 Å². The predicted molar refractivity (Wildman–Crippen MR) is 57.7 cm³/mol. The maximum absolute atomic E-state index is 5.41. The summed E-state index contributed by atoms with van der Waals surface area (Å²) in [5.41, 5.74) is 0. The Balaban J connectivity index is 2.23. The Morgan fingerprint density at radius 2 is 1.33 bits per heavy atom. The van der Waals surface area contributed by atoms with Crippen molar-refractivity contribution < 1.29 is 14.2 Å². The van der Waals surface area contributed by atoms with E-state index in [2.05, 4.69) is 10.8 Å². The van der Waals surface area contributed by atoms with Gasteiger partial charge in [-0.2, -0.15) is 0 Å². The van der Waals surface area contributed by atoms with Crippen molar-refractivity contribution in [1.82, 2.24) is 4.90 Å². The largest absolute Gasteiger partial charge is 0.378 e. The van der Waals surface area contributed by atoms with E-state index >= 15 is 0 Å². The average molecular weight is 213 g/mol. The van der Waals surface area contributed by atoms with Gasteiger partial charge >= 0.3 is 0 Å². The Hall–Kier alpha value is -0.600. The Morgan fingerprint density at radius 3 is 1.80 bits per heavy atom. The first-order valence-corrected chi connectivity index (χ1v) is 5.32. The van der Waals surface area contributed by atoms with Crippen LogP contribution in [0.25, 0.3) is 0 Å². The lowest BCUT2D eigenvalue weighted by Crippen LogP contribution is -2.32. The molecule has 0 aliphatic carbocycles. The fourth-order valence-electron chi connectivity index (χ4n) is 1.33.